The smallest absolute Gasteiger partial charge is 0.462 e. The summed E-state index contributed by atoms with van der Waals surface area (Å²) >= 11 is 0. The normalized spacial score (nSPS) is 13.7. The van der Waals surface area contributed by atoms with Gasteiger partial charge in [-0.3, -0.25) is 18.6 Å². The van der Waals surface area contributed by atoms with Crippen LogP contribution in [0.3, 0.4) is 0 Å². The van der Waals surface area contributed by atoms with Gasteiger partial charge in [-0.2, -0.15) is 0 Å². The molecule has 0 spiro atoms. The van der Waals surface area contributed by atoms with Crippen molar-refractivity contribution in [3.63, 3.8) is 0 Å². The molecule has 0 bridgehead atoms. The van der Waals surface area contributed by atoms with Crippen molar-refractivity contribution < 1.29 is 42.1 Å². The topological polar surface area (TPSA) is 108 Å². The van der Waals surface area contributed by atoms with Gasteiger partial charge >= 0.3 is 19.8 Å². The lowest BCUT2D eigenvalue weighted by Gasteiger charge is -2.24. The number of carbonyl (C=O) groups is 2. The molecule has 2 atom stereocenters. The zero-order valence-electron chi connectivity index (χ0n) is 34.6. The van der Waals surface area contributed by atoms with Crippen molar-refractivity contribution in [3.8, 4) is 0 Å². The molecule has 0 amide bonds. The fraction of sp³-hybridized carbons (Fsp3) is 0.905. The summed E-state index contributed by atoms with van der Waals surface area (Å²) in [6, 6.07) is 0. The van der Waals surface area contributed by atoms with Gasteiger partial charge in [-0.15, -0.1) is 0 Å². The standard InChI is InChI=1S/C42H82NO8P/c1-6-8-10-12-14-16-18-20-21-22-23-25-26-28-30-32-34-41(44)48-38-40(39-50-52(46,47)49-37-36-43(3,4)5)51-42(45)35-33-31-29-27-24-19-17-15-13-11-9-7-2/h15,17,40H,6-14,16,18-39H2,1-5H3/p+1/b17-15-. The van der Waals surface area contributed by atoms with Crippen molar-refractivity contribution in [2.45, 2.75) is 200 Å². The molecule has 0 aromatic rings. The van der Waals surface area contributed by atoms with Gasteiger partial charge in [-0.25, -0.2) is 4.57 Å². The zero-order chi connectivity index (χ0) is 38.6. The molecule has 10 heteroatoms. The minimum absolute atomic E-state index is 0.0330. The third-order valence-corrected chi connectivity index (χ3v) is 10.3. The van der Waals surface area contributed by atoms with Gasteiger partial charge < -0.3 is 18.9 Å². The molecule has 0 fully saturated rings. The number of phosphoric ester groups is 1. The van der Waals surface area contributed by atoms with E-state index in [1.54, 1.807) is 0 Å². The maximum atomic E-state index is 12.6. The van der Waals surface area contributed by atoms with Gasteiger partial charge in [0.05, 0.1) is 27.7 Å². The molecule has 0 aromatic carbocycles. The first kappa shape index (κ1) is 50.8. The van der Waals surface area contributed by atoms with Crippen LogP contribution in [-0.2, 0) is 32.7 Å². The molecule has 0 heterocycles. The Morgan fingerprint density at radius 2 is 0.981 bits per heavy atom. The molecule has 0 saturated carbocycles. The summed E-state index contributed by atoms with van der Waals surface area (Å²) in [7, 11) is 1.48. The van der Waals surface area contributed by atoms with E-state index in [-0.39, 0.29) is 25.6 Å². The van der Waals surface area contributed by atoms with Crippen molar-refractivity contribution in [2.75, 3.05) is 47.5 Å². The number of rotatable bonds is 39. The summed E-state index contributed by atoms with van der Waals surface area (Å²) in [5, 5.41) is 0. The van der Waals surface area contributed by atoms with E-state index in [4.69, 9.17) is 18.5 Å². The van der Waals surface area contributed by atoms with Gasteiger partial charge in [0.15, 0.2) is 6.10 Å². The highest BCUT2D eigenvalue weighted by atomic mass is 31.2. The van der Waals surface area contributed by atoms with E-state index >= 15 is 0 Å². The van der Waals surface area contributed by atoms with Crippen LogP contribution in [0.2, 0.25) is 0 Å². The second-order valence-electron chi connectivity index (χ2n) is 15.7. The number of quaternary nitrogens is 1. The van der Waals surface area contributed by atoms with Gasteiger partial charge in [-0.1, -0.05) is 154 Å². The molecule has 52 heavy (non-hydrogen) atoms. The lowest BCUT2D eigenvalue weighted by atomic mass is 10.0. The maximum Gasteiger partial charge on any atom is 0.472 e. The second-order valence-corrected chi connectivity index (χ2v) is 17.2. The van der Waals surface area contributed by atoms with Crippen LogP contribution in [-0.4, -0.2) is 74.9 Å². The average molecular weight is 761 g/mol. The highest BCUT2D eigenvalue weighted by molar-refractivity contribution is 7.47. The Labute approximate surface area is 320 Å². The average Bonchev–Trinajstić information content (AvgIpc) is 3.09. The van der Waals surface area contributed by atoms with Crippen LogP contribution in [0.4, 0.5) is 0 Å². The molecule has 0 aliphatic carbocycles. The minimum atomic E-state index is -4.37. The number of hydrogen-bond donors (Lipinski definition) is 1. The number of ether oxygens (including phenoxy) is 2. The number of phosphoric acid groups is 1. The second kappa shape index (κ2) is 35.5. The van der Waals surface area contributed by atoms with E-state index < -0.39 is 26.5 Å². The zero-order valence-corrected chi connectivity index (χ0v) is 35.5. The molecule has 2 unspecified atom stereocenters. The first-order chi connectivity index (χ1) is 25.0. The Kier molecular flexibility index (Phi) is 34.6. The van der Waals surface area contributed by atoms with Crippen molar-refractivity contribution in [2.24, 2.45) is 0 Å². The molecule has 308 valence electrons. The minimum Gasteiger partial charge on any atom is -0.462 e. The molecule has 9 nitrogen and oxygen atoms in total. The molecule has 0 aromatic heterocycles. The number of hydrogen-bond acceptors (Lipinski definition) is 7. The molecule has 0 aliphatic rings. The highest BCUT2D eigenvalue weighted by Crippen LogP contribution is 2.43. The van der Waals surface area contributed by atoms with Crippen LogP contribution < -0.4 is 0 Å². The van der Waals surface area contributed by atoms with E-state index in [1.807, 2.05) is 21.1 Å². The van der Waals surface area contributed by atoms with E-state index in [2.05, 4.69) is 26.0 Å². The van der Waals surface area contributed by atoms with Crippen LogP contribution in [0.5, 0.6) is 0 Å². The summed E-state index contributed by atoms with van der Waals surface area (Å²) in [5.74, 6) is -0.801. The third kappa shape index (κ3) is 38.5. The fourth-order valence-electron chi connectivity index (χ4n) is 5.89. The predicted molar refractivity (Wildman–Crippen MR) is 215 cm³/mol. The largest absolute Gasteiger partial charge is 0.472 e. The van der Waals surface area contributed by atoms with Gasteiger partial charge in [0.25, 0.3) is 0 Å². The van der Waals surface area contributed by atoms with E-state index in [9.17, 15) is 19.0 Å². The maximum absolute atomic E-state index is 12.6. The van der Waals surface area contributed by atoms with Gasteiger partial charge in [0.1, 0.15) is 19.8 Å². The lowest BCUT2D eigenvalue weighted by molar-refractivity contribution is -0.870. The highest BCUT2D eigenvalue weighted by Gasteiger charge is 2.27. The molecule has 0 aliphatic heterocycles. The summed E-state index contributed by atoms with van der Waals surface area (Å²) < 4.78 is 34.2. The van der Waals surface area contributed by atoms with E-state index in [0.29, 0.717) is 23.9 Å². The quantitative estimate of drug-likeness (QED) is 0.0217. The van der Waals surface area contributed by atoms with Crippen molar-refractivity contribution >= 4 is 19.8 Å². The first-order valence-corrected chi connectivity index (χ1v) is 22.9. The number of likely N-dealkylation sites (N-methyl/N-ethyl adjacent to an activating group) is 1. The van der Waals surface area contributed by atoms with Gasteiger partial charge in [-0.05, 0) is 38.5 Å². The predicted octanol–water partition coefficient (Wildman–Crippen LogP) is 11.8. The molecule has 0 saturated heterocycles. The Hall–Kier alpha value is -1.25. The number of allylic oxidation sites excluding steroid dienone is 2. The SMILES string of the molecule is CCCCC/C=C\CCCCCCCC(=O)OC(COC(=O)CCCCCCCCCCCCCCCCCC)COP(=O)(O)OCC[N+](C)(C)C. The van der Waals surface area contributed by atoms with Crippen molar-refractivity contribution in [1.82, 2.24) is 0 Å². The molecule has 0 radical (unpaired) electrons. The van der Waals surface area contributed by atoms with Crippen molar-refractivity contribution in [1.29, 1.82) is 0 Å². The molecular formula is C42H83NO8P+. The Morgan fingerprint density at radius 1 is 0.577 bits per heavy atom. The summed E-state index contributed by atoms with van der Waals surface area (Å²) in [6.45, 7) is 4.40. The lowest BCUT2D eigenvalue weighted by Crippen LogP contribution is -2.37. The van der Waals surface area contributed by atoms with Gasteiger partial charge in [0, 0.05) is 12.8 Å². The molecule has 0 rings (SSSR count). The third-order valence-electron chi connectivity index (χ3n) is 9.30. The number of carbonyl (C=O) groups excluding carboxylic acids is 2. The van der Waals surface area contributed by atoms with Crippen LogP contribution in [0.15, 0.2) is 12.2 Å². The number of nitrogens with zero attached hydrogens (tertiary/aromatic N) is 1. The van der Waals surface area contributed by atoms with E-state index in [0.717, 1.165) is 51.4 Å². The Balaban J connectivity index is 4.33. The first-order valence-electron chi connectivity index (χ1n) is 21.4. The Bertz CT molecular complexity index is 907. The van der Waals surface area contributed by atoms with Crippen molar-refractivity contribution in [3.05, 3.63) is 12.2 Å². The van der Waals surface area contributed by atoms with Gasteiger partial charge in [0.2, 0.25) is 0 Å². The Morgan fingerprint density at radius 3 is 1.46 bits per heavy atom. The molecular weight excluding hydrogens is 677 g/mol. The molecule has 1 N–H and O–H groups in total. The summed E-state index contributed by atoms with van der Waals surface area (Å²) in [4.78, 5) is 35.3. The fourth-order valence-corrected chi connectivity index (χ4v) is 6.63. The number of esters is 2. The van der Waals surface area contributed by atoms with E-state index in [1.165, 1.54) is 109 Å². The van der Waals surface area contributed by atoms with Crippen LogP contribution in [0.1, 0.15) is 194 Å². The number of unbranched alkanes of at least 4 members (excludes halogenated alkanes) is 23. The van der Waals surface area contributed by atoms with Crippen LogP contribution in [0.25, 0.3) is 0 Å². The van der Waals surface area contributed by atoms with Crippen LogP contribution >= 0.6 is 7.82 Å². The summed E-state index contributed by atoms with van der Waals surface area (Å²) in [5.41, 5.74) is 0. The van der Waals surface area contributed by atoms with Crippen LogP contribution in [0, 0.1) is 0 Å². The monoisotopic (exact) mass is 761 g/mol. The summed E-state index contributed by atoms with van der Waals surface area (Å²) in [6.07, 6.45) is 35.4.